The van der Waals surface area contributed by atoms with Gasteiger partial charge in [0, 0.05) is 18.1 Å². The summed E-state index contributed by atoms with van der Waals surface area (Å²) in [4.78, 5) is 25.7. The van der Waals surface area contributed by atoms with Gasteiger partial charge >= 0.3 is 5.97 Å². The highest BCUT2D eigenvalue weighted by Crippen LogP contribution is 2.27. The lowest BCUT2D eigenvalue weighted by molar-refractivity contribution is -0.153. The Kier molecular flexibility index (Phi) is 5.19. The number of likely N-dealkylation sites (tertiary alicyclic amines) is 1. The summed E-state index contributed by atoms with van der Waals surface area (Å²) in [7, 11) is 0. The molecule has 0 bridgehead atoms. The molecule has 2 atom stereocenters. The van der Waals surface area contributed by atoms with Gasteiger partial charge in [-0.05, 0) is 44.4 Å². The lowest BCUT2D eigenvalue weighted by atomic mass is 9.89. The van der Waals surface area contributed by atoms with Crippen LogP contribution >= 0.6 is 11.6 Å². The first-order chi connectivity index (χ1) is 10.7. The molecule has 126 valence electrons. The van der Waals surface area contributed by atoms with E-state index in [1.807, 2.05) is 6.92 Å². The molecule has 0 spiro atoms. The summed E-state index contributed by atoms with van der Waals surface area (Å²) < 4.78 is 5.81. The van der Waals surface area contributed by atoms with Crippen molar-refractivity contribution in [3.05, 3.63) is 29.3 Å². The highest BCUT2D eigenvalue weighted by molar-refractivity contribution is 6.30. The number of carbonyl (C=O) groups excluding carboxylic acids is 1. The van der Waals surface area contributed by atoms with Crippen LogP contribution in [0.15, 0.2) is 24.3 Å². The minimum absolute atomic E-state index is 0.149. The Balaban J connectivity index is 2.12. The molecule has 1 N–H and O–H groups in total. The number of amides is 1. The van der Waals surface area contributed by atoms with Gasteiger partial charge in [-0.25, -0.2) is 0 Å². The number of carboxylic acids is 1. The number of benzene rings is 1. The van der Waals surface area contributed by atoms with E-state index in [1.54, 1.807) is 43.0 Å². The smallest absolute Gasteiger partial charge is 0.308 e. The highest BCUT2D eigenvalue weighted by Gasteiger charge is 2.39. The molecule has 0 aromatic heterocycles. The predicted molar refractivity (Wildman–Crippen MR) is 87.6 cm³/mol. The van der Waals surface area contributed by atoms with Gasteiger partial charge in [0.2, 0.25) is 0 Å². The van der Waals surface area contributed by atoms with Gasteiger partial charge in [0.05, 0.1) is 5.92 Å². The van der Waals surface area contributed by atoms with Gasteiger partial charge < -0.3 is 14.7 Å². The molecule has 2 unspecified atom stereocenters. The average Bonchev–Trinajstić information content (AvgIpc) is 2.45. The molecular weight excluding hydrogens is 318 g/mol. The van der Waals surface area contributed by atoms with Gasteiger partial charge in [0.15, 0.2) is 5.60 Å². The summed E-state index contributed by atoms with van der Waals surface area (Å²) in [5.74, 6) is -0.936. The predicted octanol–water partition coefficient (Wildman–Crippen LogP) is 3.07. The Morgan fingerprint density at radius 2 is 2.04 bits per heavy atom. The molecule has 1 aromatic carbocycles. The van der Waals surface area contributed by atoms with E-state index < -0.39 is 17.5 Å². The van der Waals surface area contributed by atoms with Gasteiger partial charge in [-0.1, -0.05) is 24.6 Å². The maximum atomic E-state index is 12.8. The van der Waals surface area contributed by atoms with Crippen molar-refractivity contribution < 1.29 is 19.4 Å². The Hall–Kier alpha value is -1.75. The zero-order valence-corrected chi connectivity index (χ0v) is 14.3. The summed E-state index contributed by atoms with van der Waals surface area (Å²) in [6.07, 6.45) is 0.592. The van der Waals surface area contributed by atoms with Crippen LogP contribution in [0.25, 0.3) is 0 Å². The van der Waals surface area contributed by atoms with E-state index in [0.717, 1.165) is 0 Å². The number of halogens is 1. The first-order valence-corrected chi connectivity index (χ1v) is 8.03. The number of ether oxygens (including phenoxy) is 1. The SMILES string of the molecule is CC1CC(C(=O)O)CN(C(=O)C(C)(C)Oc2cccc(Cl)c2)C1. The zero-order chi connectivity index (χ0) is 17.2. The standard InChI is InChI=1S/C17H22ClNO4/c1-11-7-12(15(20)21)10-19(9-11)16(22)17(2,3)23-14-6-4-5-13(18)8-14/h4-6,8,11-12H,7,9-10H2,1-3H3,(H,20,21). The van der Waals surface area contributed by atoms with Crippen LogP contribution in [-0.4, -0.2) is 40.6 Å². The van der Waals surface area contributed by atoms with Gasteiger partial charge in [0.25, 0.3) is 5.91 Å². The molecule has 6 heteroatoms. The second-order valence-corrected chi connectivity index (χ2v) is 7.09. The lowest BCUT2D eigenvalue weighted by Crippen LogP contribution is -2.54. The monoisotopic (exact) mass is 339 g/mol. The number of piperidine rings is 1. The first kappa shape index (κ1) is 17.6. The van der Waals surface area contributed by atoms with Crippen molar-refractivity contribution in [2.24, 2.45) is 11.8 Å². The second kappa shape index (κ2) is 6.79. The van der Waals surface area contributed by atoms with Gasteiger partial charge in [-0.3, -0.25) is 9.59 Å². The quantitative estimate of drug-likeness (QED) is 0.915. The Bertz CT molecular complexity index is 602. The minimum atomic E-state index is -1.09. The summed E-state index contributed by atoms with van der Waals surface area (Å²) in [6, 6.07) is 6.86. The summed E-state index contributed by atoms with van der Waals surface area (Å²) in [6.45, 7) is 6.10. The number of rotatable bonds is 4. The number of hydrogen-bond donors (Lipinski definition) is 1. The Morgan fingerprint density at radius 1 is 1.35 bits per heavy atom. The molecule has 1 amide bonds. The normalized spacial score (nSPS) is 21.8. The van der Waals surface area contributed by atoms with Crippen LogP contribution in [0.1, 0.15) is 27.2 Å². The van der Waals surface area contributed by atoms with Crippen molar-refractivity contribution in [3.8, 4) is 5.75 Å². The van der Waals surface area contributed by atoms with Crippen LogP contribution in [0.5, 0.6) is 5.75 Å². The van der Waals surface area contributed by atoms with E-state index in [-0.39, 0.29) is 18.4 Å². The molecule has 23 heavy (non-hydrogen) atoms. The molecule has 5 nitrogen and oxygen atoms in total. The van der Waals surface area contributed by atoms with Crippen molar-refractivity contribution in [2.45, 2.75) is 32.8 Å². The Labute approximate surface area is 141 Å². The van der Waals surface area contributed by atoms with Crippen molar-refractivity contribution >= 4 is 23.5 Å². The zero-order valence-electron chi connectivity index (χ0n) is 13.6. The fraction of sp³-hybridized carbons (Fsp3) is 0.529. The van der Waals surface area contributed by atoms with Crippen LogP contribution in [0.3, 0.4) is 0 Å². The topological polar surface area (TPSA) is 66.8 Å². The molecule has 1 saturated heterocycles. The summed E-state index contributed by atoms with van der Waals surface area (Å²) >= 11 is 5.93. The third-order valence-electron chi connectivity index (χ3n) is 3.98. The third-order valence-corrected chi connectivity index (χ3v) is 4.22. The van der Waals surface area contributed by atoms with Crippen LogP contribution < -0.4 is 4.74 Å². The van der Waals surface area contributed by atoms with E-state index in [2.05, 4.69) is 0 Å². The molecule has 2 rings (SSSR count). The van der Waals surface area contributed by atoms with E-state index in [1.165, 1.54) is 0 Å². The Morgan fingerprint density at radius 3 is 2.65 bits per heavy atom. The fourth-order valence-electron chi connectivity index (χ4n) is 2.95. The molecule has 0 saturated carbocycles. The average molecular weight is 340 g/mol. The van der Waals surface area contributed by atoms with Crippen LogP contribution in [0, 0.1) is 11.8 Å². The number of aliphatic carboxylic acids is 1. The maximum absolute atomic E-state index is 12.8. The number of hydrogen-bond acceptors (Lipinski definition) is 3. The van der Waals surface area contributed by atoms with E-state index >= 15 is 0 Å². The molecule has 1 aliphatic rings. The van der Waals surface area contributed by atoms with Crippen LogP contribution in [0.2, 0.25) is 5.02 Å². The molecule has 1 fully saturated rings. The van der Waals surface area contributed by atoms with E-state index in [4.69, 9.17) is 16.3 Å². The largest absolute Gasteiger partial charge is 0.481 e. The van der Waals surface area contributed by atoms with Crippen LogP contribution in [-0.2, 0) is 9.59 Å². The minimum Gasteiger partial charge on any atom is -0.481 e. The number of carbonyl (C=O) groups is 2. The summed E-state index contributed by atoms with van der Waals surface area (Å²) in [5, 5.41) is 9.77. The molecular formula is C17H22ClNO4. The van der Waals surface area contributed by atoms with Gasteiger partial charge in [0.1, 0.15) is 5.75 Å². The fourth-order valence-corrected chi connectivity index (χ4v) is 3.13. The van der Waals surface area contributed by atoms with E-state index in [0.29, 0.717) is 23.7 Å². The van der Waals surface area contributed by atoms with Gasteiger partial charge in [-0.2, -0.15) is 0 Å². The molecule has 0 aliphatic carbocycles. The summed E-state index contributed by atoms with van der Waals surface area (Å²) in [5.41, 5.74) is -1.09. The molecule has 1 aromatic rings. The third kappa shape index (κ3) is 4.38. The first-order valence-electron chi connectivity index (χ1n) is 7.66. The van der Waals surface area contributed by atoms with Crippen molar-refractivity contribution in [1.82, 2.24) is 4.90 Å². The van der Waals surface area contributed by atoms with Crippen molar-refractivity contribution in [1.29, 1.82) is 0 Å². The van der Waals surface area contributed by atoms with Gasteiger partial charge in [-0.15, -0.1) is 0 Å². The molecule has 0 radical (unpaired) electrons. The highest BCUT2D eigenvalue weighted by atomic mass is 35.5. The maximum Gasteiger partial charge on any atom is 0.308 e. The van der Waals surface area contributed by atoms with E-state index in [9.17, 15) is 14.7 Å². The molecule has 1 heterocycles. The van der Waals surface area contributed by atoms with Crippen LogP contribution in [0.4, 0.5) is 0 Å². The second-order valence-electron chi connectivity index (χ2n) is 6.66. The molecule has 1 aliphatic heterocycles. The van der Waals surface area contributed by atoms with Crippen molar-refractivity contribution in [2.75, 3.05) is 13.1 Å². The van der Waals surface area contributed by atoms with Crippen molar-refractivity contribution in [3.63, 3.8) is 0 Å². The number of carboxylic acid groups (broad SMARTS) is 1. The number of nitrogens with zero attached hydrogens (tertiary/aromatic N) is 1. The lowest BCUT2D eigenvalue weighted by Gasteiger charge is -2.39.